The Labute approximate surface area is 142 Å². The van der Waals surface area contributed by atoms with E-state index < -0.39 is 0 Å². The van der Waals surface area contributed by atoms with E-state index >= 15 is 0 Å². The van der Waals surface area contributed by atoms with E-state index in [0.29, 0.717) is 5.69 Å². The predicted molar refractivity (Wildman–Crippen MR) is 97.1 cm³/mol. The molecule has 0 spiro atoms. The van der Waals surface area contributed by atoms with E-state index in [4.69, 9.17) is 0 Å². The number of hydrogen-bond acceptors (Lipinski definition) is 2. The summed E-state index contributed by atoms with van der Waals surface area (Å²) in [6.07, 6.45) is 5.14. The van der Waals surface area contributed by atoms with Crippen LogP contribution in [0.4, 0.5) is 10.5 Å². The average Bonchev–Trinajstić information content (AvgIpc) is 2.57. The SMILES string of the molecule is O=C(N/C=C/c1ccc(Br)cc1)Nc1cccc2cccnc12. The molecule has 3 rings (SSSR count). The van der Waals surface area contributed by atoms with Crippen LogP contribution in [0.3, 0.4) is 0 Å². The van der Waals surface area contributed by atoms with Gasteiger partial charge in [0.1, 0.15) is 0 Å². The first-order valence-electron chi connectivity index (χ1n) is 7.06. The second-order valence-corrected chi connectivity index (χ2v) is 5.78. The lowest BCUT2D eigenvalue weighted by Gasteiger charge is -2.07. The van der Waals surface area contributed by atoms with E-state index in [1.807, 2.05) is 60.7 Å². The first-order chi connectivity index (χ1) is 11.2. The number of para-hydroxylation sites is 1. The average molecular weight is 368 g/mol. The minimum atomic E-state index is -0.309. The van der Waals surface area contributed by atoms with E-state index in [-0.39, 0.29) is 6.03 Å². The lowest BCUT2D eigenvalue weighted by atomic mass is 10.2. The van der Waals surface area contributed by atoms with E-state index in [1.165, 1.54) is 0 Å². The lowest BCUT2D eigenvalue weighted by Crippen LogP contribution is -2.23. The van der Waals surface area contributed by atoms with Crippen molar-refractivity contribution in [3.8, 4) is 0 Å². The number of benzene rings is 2. The van der Waals surface area contributed by atoms with Gasteiger partial charge in [0.25, 0.3) is 0 Å². The zero-order chi connectivity index (χ0) is 16.1. The molecule has 0 saturated heterocycles. The van der Waals surface area contributed by atoms with Crippen molar-refractivity contribution in [2.45, 2.75) is 0 Å². The summed E-state index contributed by atoms with van der Waals surface area (Å²) in [5.41, 5.74) is 2.44. The van der Waals surface area contributed by atoms with Crippen molar-refractivity contribution in [2.75, 3.05) is 5.32 Å². The summed E-state index contributed by atoms with van der Waals surface area (Å²) in [7, 11) is 0. The molecule has 0 fully saturated rings. The lowest BCUT2D eigenvalue weighted by molar-refractivity contribution is 0.255. The molecule has 114 valence electrons. The summed E-state index contributed by atoms with van der Waals surface area (Å²) < 4.78 is 1.02. The Bertz CT molecular complexity index is 854. The highest BCUT2D eigenvalue weighted by molar-refractivity contribution is 9.10. The van der Waals surface area contributed by atoms with Crippen LogP contribution < -0.4 is 10.6 Å². The Hall–Kier alpha value is -2.66. The molecule has 4 nitrogen and oxygen atoms in total. The molecule has 1 aromatic heterocycles. The van der Waals surface area contributed by atoms with Crippen LogP contribution in [0.1, 0.15) is 5.56 Å². The number of nitrogens with one attached hydrogen (secondary N) is 2. The molecular weight excluding hydrogens is 354 g/mol. The molecule has 23 heavy (non-hydrogen) atoms. The number of anilines is 1. The van der Waals surface area contributed by atoms with Gasteiger partial charge in [0.2, 0.25) is 0 Å². The number of fused-ring (bicyclic) bond motifs is 1. The zero-order valence-electron chi connectivity index (χ0n) is 12.2. The highest BCUT2D eigenvalue weighted by atomic mass is 79.9. The number of hydrogen-bond donors (Lipinski definition) is 2. The van der Waals surface area contributed by atoms with Crippen LogP contribution >= 0.6 is 15.9 Å². The summed E-state index contributed by atoms with van der Waals surface area (Å²) in [5, 5.41) is 6.48. The molecule has 0 aliphatic carbocycles. The molecule has 0 aliphatic rings. The van der Waals surface area contributed by atoms with Crippen molar-refractivity contribution < 1.29 is 4.79 Å². The largest absolute Gasteiger partial charge is 0.323 e. The Morgan fingerprint density at radius 2 is 1.83 bits per heavy atom. The smallest absolute Gasteiger partial charge is 0.314 e. The minimum Gasteiger partial charge on any atom is -0.314 e. The maximum atomic E-state index is 12.0. The number of aromatic nitrogens is 1. The van der Waals surface area contributed by atoms with Crippen molar-refractivity contribution in [2.24, 2.45) is 0 Å². The predicted octanol–water partition coefficient (Wildman–Crippen LogP) is 4.79. The van der Waals surface area contributed by atoms with Gasteiger partial charge in [-0.3, -0.25) is 4.98 Å². The fraction of sp³-hybridized carbons (Fsp3) is 0. The second-order valence-electron chi connectivity index (χ2n) is 4.86. The number of urea groups is 1. The van der Waals surface area contributed by atoms with Crippen LogP contribution in [-0.2, 0) is 0 Å². The van der Waals surface area contributed by atoms with Crippen LogP contribution in [0, 0.1) is 0 Å². The normalized spacial score (nSPS) is 10.8. The molecular formula is C18H14BrN3O. The highest BCUT2D eigenvalue weighted by Crippen LogP contribution is 2.20. The summed E-state index contributed by atoms with van der Waals surface area (Å²) in [5.74, 6) is 0. The van der Waals surface area contributed by atoms with Gasteiger partial charge in [-0.1, -0.05) is 46.3 Å². The van der Waals surface area contributed by atoms with Gasteiger partial charge < -0.3 is 10.6 Å². The van der Waals surface area contributed by atoms with Gasteiger partial charge in [-0.2, -0.15) is 0 Å². The van der Waals surface area contributed by atoms with Gasteiger partial charge in [0.15, 0.2) is 0 Å². The summed E-state index contributed by atoms with van der Waals surface area (Å²) in [6, 6.07) is 17.0. The van der Waals surface area contributed by atoms with Crippen molar-refractivity contribution in [3.63, 3.8) is 0 Å². The third-order valence-electron chi connectivity index (χ3n) is 3.24. The number of amides is 2. The monoisotopic (exact) mass is 367 g/mol. The molecule has 3 aromatic rings. The van der Waals surface area contributed by atoms with Gasteiger partial charge >= 0.3 is 6.03 Å². The van der Waals surface area contributed by atoms with E-state index in [9.17, 15) is 4.79 Å². The number of rotatable bonds is 3. The molecule has 2 N–H and O–H groups in total. The van der Waals surface area contributed by atoms with Crippen molar-refractivity contribution in [3.05, 3.63) is 77.0 Å². The fourth-order valence-corrected chi connectivity index (χ4v) is 2.42. The maximum Gasteiger partial charge on any atom is 0.323 e. The molecule has 1 heterocycles. The number of carbonyl (C=O) groups excluding carboxylic acids is 1. The number of halogens is 1. The number of nitrogens with zero attached hydrogens (tertiary/aromatic N) is 1. The molecule has 0 unspecified atom stereocenters. The highest BCUT2D eigenvalue weighted by Gasteiger charge is 2.04. The van der Waals surface area contributed by atoms with Crippen molar-refractivity contribution in [1.82, 2.24) is 10.3 Å². The van der Waals surface area contributed by atoms with Gasteiger partial charge in [-0.25, -0.2) is 4.79 Å². The van der Waals surface area contributed by atoms with Crippen LogP contribution in [0.5, 0.6) is 0 Å². The van der Waals surface area contributed by atoms with Crippen LogP contribution in [-0.4, -0.2) is 11.0 Å². The third kappa shape index (κ3) is 3.96. The van der Waals surface area contributed by atoms with Crippen LogP contribution in [0.2, 0.25) is 0 Å². The standard InChI is InChI=1S/C18H14BrN3O/c19-15-8-6-13(7-9-15)10-12-21-18(23)22-16-5-1-3-14-4-2-11-20-17(14)16/h1-12H,(H2,21,22,23)/b12-10+. The minimum absolute atomic E-state index is 0.309. The summed E-state index contributed by atoms with van der Waals surface area (Å²) in [4.78, 5) is 16.3. The van der Waals surface area contributed by atoms with E-state index in [1.54, 1.807) is 12.4 Å². The summed E-state index contributed by atoms with van der Waals surface area (Å²) in [6.45, 7) is 0. The van der Waals surface area contributed by atoms with Gasteiger partial charge in [0.05, 0.1) is 11.2 Å². The molecule has 0 bridgehead atoms. The Morgan fingerprint density at radius 1 is 1.04 bits per heavy atom. The Balaban J connectivity index is 1.66. The maximum absolute atomic E-state index is 12.0. The molecule has 0 radical (unpaired) electrons. The quantitative estimate of drug-likeness (QED) is 0.699. The first-order valence-corrected chi connectivity index (χ1v) is 7.85. The van der Waals surface area contributed by atoms with Crippen LogP contribution in [0.25, 0.3) is 17.0 Å². The molecule has 0 atom stereocenters. The van der Waals surface area contributed by atoms with E-state index in [0.717, 1.165) is 20.9 Å². The van der Waals surface area contributed by atoms with Crippen LogP contribution in [0.15, 0.2) is 71.5 Å². The first kappa shape index (κ1) is 15.2. The molecule has 5 heteroatoms. The second kappa shape index (κ2) is 7.07. The van der Waals surface area contributed by atoms with Crippen molar-refractivity contribution >= 4 is 44.6 Å². The number of pyridine rings is 1. The van der Waals surface area contributed by atoms with Gasteiger partial charge in [-0.05, 0) is 35.9 Å². The number of carbonyl (C=O) groups is 1. The zero-order valence-corrected chi connectivity index (χ0v) is 13.7. The molecule has 0 aliphatic heterocycles. The van der Waals surface area contributed by atoms with E-state index in [2.05, 4.69) is 31.5 Å². The molecule has 0 saturated carbocycles. The fourth-order valence-electron chi connectivity index (χ4n) is 2.15. The Morgan fingerprint density at radius 3 is 2.65 bits per heavy atom. The topological polar surface area (TPSA) is 54.0 Å². The summed E-state index contributed by atoms with van der Waals surface area (Å²) >= 11 is 3.38. The van der Waals surface area contributed by atoms with Gasteiger partial charge in [0, 0.05) is 22.3 Å². The Kier molecular flexibility index (Phi) is 4.68. The molecule has 2 amide bonds. The molecule has 2 aromatic carbocycles. The van der Waals surface area contributed by atoms with Crippen molar-refractivity contribution in [1.29, 1.82) is 0 Å². The third-order valence-corrected chi connectivity index (χ3v) is 3.77. The van der Waals surface area contributed by atoms with Gasteiger partial charge in [-0.15, -0.1) is 0 Å².